The second-order valence-corrected chi connectivity index (χ2v) is 5.68. The van der Waals surface area contributed by atoms with E-state index in [1.807, 2.05) is 32.0 Å². The quantitative estimate of drug-likeness (QED) is 0.773. The molecule has 0 saturated carbocycles. The number of aromatic amines is 1. The standard InChI is InChI=1S/C18H17FN4O/c1-11-3-8-15(9-12(11)2)20-18-21-17(24)16(22-23-18)10-13-4-6-14(19)7-5-13/h3-9H,10H2,1-2H3,(H2,20,21,23,24). The summed E-state index contributed by atoms with van der Waals surface area (Å²) in [5.41, 5.74) is 3.92. The molecule has 1 heterocycles. The van der Waals surface area contributed by atoms with Gasteiger partial charge in [0.1, 0.15) is 11.5 Å². The van der Waals surface area contributed by atoms with Crippen LogP contribution < -0.4 is 10.9 Å². The van der Waals surface area contributed by atoms with Gasteiger partial charge in [-0.3, -0.25) is 9.78 Å². The van der Waals surface area contributed by atoms with E-state index in [4.69, 9.17) is 0 Å². The molecular formula is C18H17FN4O. The number of aromatic nitrogens is 3. The second kappa shape index (κ2) is 6.62. The van der Waals surface area contributed by atoms with Gasteiger partial charge in [-0.25, -0.2) is 4.39 Å². The van der Waals surface area contributed by atoms with Gasteiger partial charge in [0, 0.05) is 12.1 Å². The first kappa shape index (κ1) is 15.9. The Morgan fingerprint density at radius 2 is 1.79 bits per heavy atom. The van der Waals surface area contributed by atoms with Gasteiger partial charge in [0.25, 0.3) is 5.56 Å². The molecule has 1 aromatic heterocycles. The molecule has 0 aliphatic heterocycles. The van der Waals surface area contributed by atoms with Crippen LogP contribution in [0.1, 0.15) is 22.4 Å². The number of benzene rings is 2. The van der Waals surface area contributed by atoms with Gasteiger partial charge >= 0.3 is 0 Å². The Kier molecular flexibility index (Phi) is 4.37. The molecule has 0 bridgehead atoms. The zero-order valence-electron chi connectivity index (χ0n) is 13.4. The molecular weight excluding hydrogens is 307 g/mol. The molecule has 0 saturated heterocycles. The van der Waals surface area contributed by atoms with Crippen molar-refractivity contribution in [1.29, 1.82) is 0 Å². The first-order valence-corrected chi connectivity index (χ1v) is 7.56. The van der Waals surface area contributed by atoms with Crippen molar-refractivity contribution in [2.75, 3.05) is 5.32 Å². The van der Waals surface area contributed by atoms with Crippen molar-refractivity contribution in [3.05, 3.63) is 81.0 Å². The Hall–Kier alpha value is -3.02. The van der Waals surface area contributed by atoms with Gasteiger partial charge < -0.3 is 5.32 Å². The predicted octanol–water partition coefficient (Wildman–Crippen LogP) is 3.26. The van der Waals surface area contributed by atoms with Crippen molar-refractivity contribution in [3.63, 3.8) is 0 Å². The van der Waals surface area contributed by atoms with E-state index in [0.29, 0.717) is 6.42 Å². The molecule has 0 radical (unpaired) electrons. The largest absolute Gasteiger partial charge is 0.324 e. The molecule has 0 amide bonds. The average molecular weight is 324 g/mol. The fourth-order valence-electron chi connectivity index (χ4n) is 2.28. The third kappa shape index (κ3) is 3.65. The van der Waals surface area contributed by atoms with Crippen LogP contribution in [-0.2, 0) is 6.42 Å². The summed E-state index contributed by atoms with van der Waals surface area (Å²) < 4.78 is 12.9. The van der Waals surface area contributed by atoms with Crippen LogP contribution in [0.15, 0.2) is 47.3 Å². The minimum absolute atomic E-state index is 0.283. The van der Waals surface area contributed by atoms with Crippen LogP contribution in [0.3, 0.4) is 0 Å². The minimum atomic E-state index is -0.319. The van der Waals surface area contributed by atoms with E-state index >= 15 is 0 Å². The molecule has 2 aromatic carbocycles. The van der Waals surface area contributed by atoms with Crippen LogP contribution in [0, 0.1) is 19.7 Å². The van der Waals surface area contributed by atoms with Crippen molar-refractivity contribution in [1.82, 2.24) is 15.2 Å². The summed E-state index contributed by atoms with van der Waals surface area (Å²) in [5, 5.41) is 11.0. The van der Waals surface area contributed by atoms with Gasteiger partial charge in [0.05, 0.1) is 0 Å². The molecule has 0 aliphatic carbocycles. The maximum absolute atomic E-state index is 12.9. The predicted molar refractivity (Wildman–Crippen MR) is 91.1 cm³/mol. The summed E-state index contributed by atoms with van der Waals surface area (Å²) >= 11 is 0. The van der Waals surface area contributed by atoms with Crippen molar-refractivity contribution in [2.45, 2.75) is 20.3 Å². The van der Waals surface area contributed by atoms with E-state index in [1.54, 1.807) is 12.1 Å². The van der Waals surface area contributed by atoms with Crippen LogP contribution in [-0.4, -0.2) is 15.2 Å². The molecule has 2 N–H and O–H groups in total. The molecule has 3 aromatic rings. The highest BCUT2D eigenvalue weighted by atomic mass is 19.1. The molecule has 0 spiro atoms. The summed E-state index contributed by atoms with van der Waals surface area (Å²) in [4.78, 5) is 14.8. The molecule has 24 heavy (non-hydrogen) atoms. The monoisotopic (exact) mass is 324 g/mol. The van der Waals surface area contributed by atoms with E-state index in [-0.39, 0.29) is 23.0 Å². The fraction of sp³-hybridized carbons (Fsp3) is 0.167. The van der Waals surface area contributed by atoms with Gasteiger partial charge in [0.2, 0.25) is 5.95 Å². The van der Waals surface area contributed by atoms with E-state index in [0.717, 1.165) is 16.8 Å². The minimum Gasteiger partial charge on any atom is -0.324 e. The summed E-state index contributed by atoms with van der Waals surface area (Å²) in [6.07, 6.45) is 0.298. The Balaban J connectivity index is 1.78. The number of hydrogen-bond acceptors (Lipinski definition) is 4. The summed E-state index contributed by atoms with van der Waals surface area (Å²) in [5.74, 6) is -0.0298. The zero-order chi connectivity index (χ0) is 17.1. The topological polar surface area (TPSA) is 70.7 Å². The highest BCUT2D eigenvalue weighted by Crippen LogP contribution is 2.16. The number of nitrogens with one attached hydrogen (secondary N) is 2. The molecule has 5 nitrogen and oxygen atoms in total. The van der Waals surface area contributed by atoms with Gasteiger partial charge in [-0.05, 0) is 54.8 Å². The molecule has 0 fully saturated rings. The first-order valence-electron chi connectivity index (χ1n) is 7.56. The normalized spacial score (nSPS) is 10.6. The second-order valence-electron chi connectivity index (χ2n) is 5.68. The SMILES string of the molecule is Cc1ccc(Nc2nnc(Cc3ccc(F)cc3)c(=O)[nH]2)cc1C. The number of rotatable bonds is 4. The zero-order valence-corrected chi connectivity index (χ0v) is 13.4. The Morgan fingerprint density at radius 1 is 1.04 bits per heavy atom. The van der Waals surface area contributed by atoms with Crippen LogP contribution in [0.4, 0.5) is 16.0 Å². The third-order valence-electron chi connectivity index (χ3n) is 3.82. The van der Waals surface area contributed by atoms with Gasteiger partial charge in [0.15, 0.2) is 0 Å². The fourth-order valence-corrected chi connectivity index (χ4v) is 2.28. The number of aryl methyl sites for hydroxylation is 2. The van der Waals surface area contributed by atoms with Crippen LogP contribution in [0.5, 0.6) is 0 Å². The van der Waals surface area contributed by atoms with Crippen molar-refractivity contribution < 1.29 is 4.39 Å². The van der Waals surface area contributed by atoms with Crippen molar-refractivity contribution in [2.24, 2.45) is 0 Å². The van der Waals surface area contributed by atoms with Crippen LogP contribution in [0.25, 0.3) is 0 Å². The number of hydrogen-bond donors (Lipinski definition) is 2. The number of anilines is 2. The van der Waals surface area contributed by atoms with Gasteiger partial charge in [-0.15, -0.1) is 10.2 Å². The molecule has 122 valence electrons. The molecule has 6 heteroatoms. The Morgan fingerprint density at radius 3 is 2.46 bits per heavy atom. The summed E-state index contributed by atoms with van der Waals surface area (Å²) in [6.45, 7) is 4.05. The van der Waals surface area contributed by atoms with E-state index in [2.05, 4.69) is 20.5 Å². The van der Waals surface area contributed by atoms with E-state index in [9.17, 15) is 9.18 Å². The number of halogens is 1. The Bertz CT molecular complexity index is 919. The Labute approximate surface area is 138 Å². The van der Waals surface area contributed by atoms with Crippen LogP contribution >= 0.6 is 0 Å². The highest BCUT2D eigenvalue weighted by molar-refractivity contribution is 5.55. The highest BCUT2D eigenvalue weighted by Gasteiger charge is 2.07. The summed E-state index contributed by atoms with van der Waals surface area (Å²) in [7, 11) is 0. The van der Waals surface area contributed by atoms with Gasteiger partial charge in [-0.1, -0.05) is 18.2 Å². The van der Waals surface area contributed by atoms with Crippen molar-refractivity contribution in [3.8, 4) is 0 Å². The number of H-pyrrole nitrogens is 1. The molecule has 0 atom stereocenters. The maximum atomic E-state index is 12.9. The first-order chi connectivity index (χ1) is 11.5. The van der Waals surface area contributed by atoms with E-state index < -0.39 is 0 Å². The molecule has 0 aliphatic rings. The molecule has 3 rings (SSSR count). The van der Waals surface area contributed by atoms with Gasteiger partial charge in [-0.2, -0.15) is 0 Å². The lowest BCUT2D eigenvalue weighted by Crippen LogP contribution is -2.18. The smallest absolute Gasteiger partial charge is 0.274 e. The lowest BCUT2D eigenvalue weighted by Gasteiger charge is -2.07. The lowest BCUT2D eigenvalue weighted by atomic mass is 10.1. The maximum Gasteiger partial charge on any atom is 0.274 e. The third-order valence-corrected chi connectivity index (χ3v) is 3.82. The molecule has 0 unspecified atom stereocenters. The summed E-state index contributed by atoms with van der Waals surface area (Å²) in [6, 6.07) is 11.8. The average Bonchev–Trinajstić information content (AvgIpc) is 2.55. The van der Waals surface area contributed by atoms with E-state index in [1.165, 1.54) is 17.7 Å². The van der Waals surface area contributed by atoms with Crippen LogP contribution in [0.2, 0.25) is 0 Å². The van der Waals surface area contributed by atoms with Crippen molar-refractivity contribution >= 4 is 11.6 Å². The number of nitrogens with zero attached hydrogens (tertiary/aromatic N) is 2. The lowest BCUT2D eigenvalue weighted by molar-refractivity contribution is 0.627.